The summed E-state index contributed by atoms with van der Waals surface area (Å²) in [5, 5.41) is 0. The summed E-state index contributed by atoms with van der Waals surface area (Å²) in [6.45, 7) is 2.74. The molecule has 0 aromatic heterocycles. The van der Waals surface area contributed by atoms with Gasteiger partial charge in [0.05, 0.1) is 20.1 Å². The van der Waals surface area contributed by atoms with E-state index in [4.69, 9.17) is 9.47 Å². The van der Waals surface area contributed by atoms with Crippen LogP contribution in [-0.4, -0.2) is 62.0 Å². The largest absolute Gasteiger partial charge is 0.497 e. The van der Waals surface area contributed by atoms with Crippen LogP contribution in [0, 0.1) is 11.8 Å². The van der Waals surface area contributed by atoms with Crippen LogP contribution in [0.15, 0.2) is 18.2 Å². The van der Waals surface area contributed by atoms with Crippen LogP contribution in [0.4, 0.5) is 0 Å². The molecule has 0 N–H and O–H groups in total. The fraction of sp³-hybridized carbons (Fsp3) is 0.652. The molecule has 3 fully saturated rings. The molecule has 2 atom stereocenters. The van der Waals surface area contributed by atoms with Crippen LogP contribution >= 0.6 is 0 Å². The third-order valence-corrected chi connectivity index (χ3v) is 6.91. The van der Waals surface area contributed by atoms with E-state index in [2.05, 4.69) is 0 Å². The second-order valence-electron chi connectivity index (χ2n) is 8.58. The van der Waals surface area contributed by atoms with Gasteiger partial charge in [0, 0.05) is 43.6 Å². The lowest BCUT2D eigenvalue weighted by molar-refractivity contribution is -0.136. The van der Waals surface area contributed by atoms with E-state index in [-0.39, 0.29) is 29.6 Å². The Balaban J connectivity index is 1.64. The van der Waals surface area contributed by atoms with Crippen molar-refractivity contribution in [3.8, 4) is 11.5 Å². The highest BCUT2D eigenvalue weighted by molar-refractivity contribution is 5.84. The van der Waals surface area contributed by atoms with Gasteiger partial charge in [-0.1, -0.05) is 12.8 Å². The Hall–Kier alpha value is -2.24. The molecule has 1 aromatic rings. The molecule has 2 saturated heterocycles. The van der Waals surface area contributed by atoms with Crippen molar-refractivity contribution >= 4 is 11.8 Å². The van der Waals surface area contributed by atoms with Crippen molar-refractivity contribution in [2.75, 3.05) is 40.4 Å². The third-order valence-electron chi connectivity index (χ3n) is 6.91. The Morgan fingerprint density at radius 1 is 0.897 bits per heavy atom. The number of ether oxygens (including phenoxy) is 2. The van der Waals surface area contributed by atoms with Crippen LogP contribution in [0.2, 0.25) is 0 Å². The highest BCUT2D eigenvalue weighted by atomic mass is 16.5. The Kier molecular flexibility index (Phi) is 5.97. The zero-order chi connectivity index (χ0) is 20.4. The maximum absolute atomic E-state index is 13.4. The van der Waals surface area contributed by atoms with Crippen LogP contribution in [0.1, 0.15) is 50.0 Å². The van der Waals surface area contributed by atoms with Gasteiger partial charge >= 0.3 is 0 Å². The molecule has 1 aliphatic carbocycles. The summed E-state index contributed by atoms with van der Waals surface area (Å²) in [5.74, 6) is 1.74. The summed E-state index contributed by atoms with van der Waals surface area (Å²) in [6, 6.07) is 5.74. The molecular formula is C23H32N2O4. The number of carbonyl (C=O) groups is 2. The van der Waals surface area contributed by atoms with Crippen molar-refractivity contribution < 1.29 is 19.1 Å². The van der Waals surface area contributed by atoms with Gasteiger partial charge in [0.15, 0.2) is 0 Å². The monoisotopic (exact) mass is 400 g/mol. The second kappa shape index (κ2) is 8.64. The Morgan fingerprint density at radius 3 is 2.28 bits per heavy atom. The van der Waals surface area contributed by atoms with Crippen molar-refractivity contribution in [1.29, 1.82) is 0 Å². The van der Waals surface area contributed by atoms with Crippen LogP contribution in [0.5, 0.6) is 11.5 Å². The lowest BCUT2D eigenvalue weighted by Gasteiger charge is -2.25. The van der Waals surface area contributed by atoms with Crippen molar-refractivity contribution in [2.24, 2.45) is 11.8 Å². The zero-order valence-corrected chi connectivity index (χ0v) is 17.6. The Morgan fingerprint density at radius 2 is 1.62 bits per heavy atom. The van der Waals surface area contributed by atoms with Crippen LogP contribution in [0.3, 0.4) is 0 Å². The number of methoxy groups -OCH3 is 2. The van der Waals surface area contributed by atoms with E-state index in [0.29, 0.717) is 13.1 Å². The molecule has 29 heavy (non-hydrogen) atoms. The summed E-state index contributed by atoms with van der Waals surface area (Å²) in [7, 11) is 3.29. The molecule has 1 aromatic carbocycles. The number of likely N-dealkylation sites (tertiary alicyclic amines) is 2. The molecule has 0 unspecified atom stereocenters. The molecule has 2 amide bonds. The molecule has 158 valence electrons. The smallest absolute Gasteiger partial charge is 0.228 e. The van der Waals surface area contributed by atoms with Crippen LogP contribution in [0.25, 0.3) is 0 Å². The van der Waals surface area contributed by atoms with E-state index >= 15 is 0 Å². The maximum atomic E-state index is 13.4. The molecule has 6 heteroatoms. The summed E-state index contributed by atoms with van der Waals surface area (Å²) in [4.78, 5) is 30.5. The first kappa shape index (κ1) is 20.0. The van der Waals surface area contributed by atoms with E-state index in [9.17, 15) is 9.59 Å². The average Bonchev–Trinajstić information content (AvgIpc) is 3.53. The fourth-order valence-electron chi connectivity index (χ4n) is 5.28. The fourth-order valence-corrected chi connectivity index (χ4v) is 5.28. The number of hydrogen-bond donors (Lipinski definition) is 0. The standard InChI is InChI=1S/C23H32N2O4/c1-28-17-9-10-21(29-2)18(13-17)19-14-25(22(26)16-7-3-4-8-16)15-20(19)23(27)24-11-5-6-12-24/h9-10,13,16,19-20H,3-8,11-12,14-15H2,1-2H3/t19-,20+/m0/s1. The quantitative estimate of drug-likeness (QED) is 0.762. The van der Waals surface area contributed by atoms with Gasteiger partial charge in [-0.05, 0) is 43.9 Å². The van der Waals surface area contributed by atoms with Gasteiger partial charge in [-0.2, -0.15) is 0 Å². The van der Waals surface area contributed by atoms with Gasteiger partial charge in [-0.3, -0.25) is 9.59 Å². The average molecular weight is 401 g/mol. The molecule has 3 aliphatic rings. The maximum Gasteiger partial charge on any atom is 0.228 e. The zero-order valence-electron chi connectivity index (χ0n) is 17.6. The molecule has 0 spiro atoms. The molecule has 0 radical (unpaired) electrons. The lowest BCUT2D eigenvalue weighted by Crippen LogP contribution is -2.38. The molecule has 4 rings (SSSR count). The Labute approximate surface area is 173 Å². The van der Waals surface area contributed by atoms with Crippen molar-refractivity contribution in [1.82, 2.24) is 9.80 Å². The minimum absolute atomic E-state index is 0.0708. The van der Waals surface area contributed by atoms with Gasteiger partial charge in [-0.15, -0.1) is 0 Å². The minimum atomic E-state index is -0.223. The summed E-state index contributed by atoms with van der Waals surface area (Å²) in [5.41, 5.74) is 0.964. The number of hydrogen-bond acceptors (Lipinski definition) is 4. The molecule has 1 saturated carbocycles. The van der Waals surface area contributed by atoms with Gasteiger partial charge in [-0.25, -0.2) is 0 Å². The van der Waals surface area contributed by atoms with Gasteiger partial charge in [0.25, 0.3) is 0 Å². The summed E-state index contributed by atoms with van der Waals surface area (Å²) in [6.07, 6.45) is 6.36. The molecule has 2 heterocycles. The van der Waals surface area contributed by atoms with E-state index in [1.807, 2.05) is 28.0 Å². The van der Waals surface area contributed by atoms with Crippen molar-refractivity contribution in [3.63, 3.8) is 0 Å². The van der Waals surface area contributed by atoms with E-state index in [0.717, 1.165) is 68.7 Å². The Bertz CT molecular complexity index is 753. The second-order valence-corrected chi connectivity index (χ2v) is 8.58. The SMILES string of the molecule is COc1ccc(OC)c([C@@H]2CN(C(=O)C3CCCC3)C[C@H]2C(=O)N2CCCC2)c1. The number of amides is 2. The topological polar surface area (TPSA) is 59.1 Å². The van der Waals surface area contributed by atoms with Gasteiger partial charge < -0.3 is 19.3 Å². The first-order valence-corrected chi connectivity index (χ1v) is 10.9. The lowest BCUT2D eigenvalue weighted by atomic mass is 9.87. The molecular weight excluding hydrogens is 368 g/mol. The highest BCUT2D eigenvalue weighted by Crippen LogP contribution is 2.41. The van der Waals surface area contributed by atoms with Gasteiger partial charge in [0.2, 0.25) is 11.8 Å². The molecule has 2 aliphatic heterocycles. The highest BCUT2D eigenvalue weighted by Gasteiger charge is 2.44. The first-order valence-electron chi connectivity index (χ1n) is 10.9. The minimum Gasteiger partial charge on any atom is -0.497 e. The van der Waals surface area contributed by atoms with E-state index in [1.54, 1.807) is 14.2 Å². The van der Waals surface area contributed by atoms with Crippen LogP contribution in [-0.2, 0) is 9.59 Å². The number of nitrogens with zero attached hydrogens (tertiary/aromatic N) is 2. The van der Waals surface area contributed by atoms with E-state index in [1.165, 1.54) is 0 Å². The number of rotatable bonds is 5. The first-order chi connectivity index (χ1) is 14.1. The third kappa shape index (κ3) is 3.94. The normalized spacial score (nSPS) is 24.9. The number of carbonyl (C=O) groups excluding carboxylic acids is 2. The predicted octanol–water partition coefficient (Wildman–Crippen LogP) is 3.06. The van der Waals surface area contributed by atoms with E-state index < -0.39 is 0 Å². The molecule has 6 nitrogen and oxygen atoms in total. The number of benzene rings is 1. The summed E-state index contributed by atoms with van der Waals surface area (Å²) < 4.78 is 11.1. The molecule has 0 bridgehead atoms. The predicted molar refractivity (Wildman–Crippen MR) is 110 cm³/mol. The van der Waals surface area contributed by atoms with Gasteiger partial charge in [0.1, 0.15) is 11.5 Å². The van der Waals surface area contributed by atoms with Crippen LogP contribution < -0.4 is 9.47 Å². The van der Waals surface area contributed by atoms with Crippen molar-refractivity contribution in [3.05, 3.63) is 23.8 Å². The summed E-state index contributed by atoms with van der Waals surface area (Å²) >= 11 is 0. The van der Waals surface area contributed by atoms with Crippen molar-refractivity contribution in [2.45, 2.75) is 44.4 Å².